The van der Waals surface area contributed by atoms with Crippen molar-refractivity contribution in [3.05, 3.63) is 42.0 Å². The minimum Gasteiger partial charge on any atom is -0.481 e. The van der Waals surface area contributed by atoms with Gasteiger partial charge in [0.2, 0.25) is 5.91 Å². The number of benzene rings is 1. The Kier molecular flexibility index (Phi) is 6.57. The molecule has 3 aliphatic heterocycles. The van der Waals surface area contributed by atoms with Crippen molar-refractivity contribution in [2.75, 3.05) is 18.1 Å². The number of fused-ring (bicyclic) bond motifs is 1. The summed E-state index contributed by atoms with van der Waals surface area (Å²) in [6, 6.07) is 4.13. The fourth-order valence-electron chi connectivity index (χ4n) is 6.92. The highest BCUT2D eigenvalue weighted by molar-refractivity contribution is 6.05. The number of aliphatic hydroxyl groups excluding tert-OH is 1. The number of carboxylic acids is 1. The molecule has 2 N–H and O–H groups in total. The number of carboxylic acid groups (broad SMARTS) is 1. The first kappa shape index (κ1) is 25.4. The zero-order valence-corrected chi connectivity index (χ0v) is 21.0. The van der Waals surface area contributed by atoms with Crippen LogP contribution in [0.5, 0.6) is 0 Å². The van der Waals surface area contributed by atoms with Crippen LogP contribution in [0.3, 0.4) is 0 Å². The first-order valence-electron chi connectivity index (χ1n) is 12.5. The molecule has 8 nitrogen and oxygen atoms in total. The number of ether oxygens (including phenoxy) is 1. The van der Waals surface area contributed by atoms with Crippen molar-refractivity contribution in [3.63, 3.8) is 0 Å². The highest BCUT2D eigenvalue weighted by Gasteiger charge is 2.79. The number of hydrogen-bond acceptors (Lipinski definition) is 5. The van der Waals surface area contributed by atoms with Crippen molar-refractivity contribution in [2.45, 2.75) is 76.7 Å². The van der Waals surface area contributed by atoms with Gasteiger partial charge in [0.25, 0.3) is 5.91 Å². The first-order valence-corrected chi connectivity index (χ1v) is 12.5. The summed E-state index contributed by atoms with van der Waals surface area (Å²) in [5.74, 6) is -3.81. The van der Waals surface area contributed by atoms with Crippen LogP contribution in [0, 0.1) is 25.7 Å². The molecular weight excluding hydrogens is 448 g/mol. The van der Waals surface area contributed by atoms with Crippen LogP contribution in [0.25, 0.3) is 0 Å². The van der Waals surface area contributed by atoms with E-state index >= 15 is 0 Å². The third-order valence-electron chi connectivity index (χ3n) is 8.48. The maximum absolute atomic E-state index is 14.5. The smallest absolute Gasteiger partial charge is 0.310 e. The number of aliphatic hydroxyl groups is 1. The lowest BCUT2D eigenvalue weighted by atomic mass is 9.65. The number of likely N-dealkylation sites (tertiary alicyclic amines) is 1. The second-order valence-corrected chi connectivity index (χ2v) is 10.1. The molecule has 2 unspecified atom stereocenters. The van der Waals surface area contributed by atoms with Crippen LogP contribution in [0.1, 0.15) is 50.7 Å². The number of para-hydroxylation sites is 1. The van der Waals surface area contributed by atoms with Crippen molar-refractivity contribution >= 4 is 23.5 Å². The van der Waals surface area contributed by atoms with Crippen molar-refractivity contribution in [1.29, 1.82) is 0 Å². The maximum Gasteiger partial charge on any atom is 0.310 e. The molecule has 190 valence electrons. The molecule has 3 heterocycles. The average Bonchev–Trinajstić information content (AvgIpc) is 3.43. The van der Waals surface area contributed by atoms with Crippen LogP contribution < -0.4 is 4.90 Å². The van der Waals surface area contributed by atoms with E-state index < -0.39 is 47.0 Å². The van der Waals surface area contributed by atoms with E-state index in [0.29, 0.717) is 25.7 Å². The van der Waals surface area contributed by atoms with Gasteiger partial charge in [0.05, 0.1) is 24.2 Å². The van der Waals surface area contributed by atoms with E-state index in [1.54, 1.807) is 11.0 Å². The summed E-state index contributed by atoms with van der Waals surface area (Å²) in [4.78, 5) is 44.0. The molecule has 2 amide bonds. The largest absolute Gasteiger partial charge is 0.481 e. The Labute approximate surface area is 206 Å². The normalized spacial score (nSPS) is 32.0. The van der Waals surface area contributed by atoms with E-state index in [-0.39, 0.29) is 19.1 Å². The van der Waals surface area contributed by atoms with Crippen LogP contribution in [-0.2, 0) is 19.1 Å². The number of carbonyl (C=O) groups is 3. The summed E-state index contributed by atoms with van der Waals surface area (Å²) in [6.45, 7) is 11.3. The van der Waals surface area contributed by atoms with Crippen LogP contribution in [0.4, 0.5) is 5.69 Å². The summed E-state index contributed by atoms with van der Waals surface area (Å²) in [5, 5.41) is 20.4. The van der Waals surface area contributed by atoms with E-state index in [0.717, 1.165) is 16.8 Å². The van der Waals surface area contributed by atoms with Gasteiger partial charge in [-0.1, -0.05) is 38.1 Å². The van der Waals surface area contributed by atoms with Crippen molar-refractivity contribution in [1.82, 2.24) is 4.90 Å². The molecular formula is C27H36N2O6. The van der Waals surface area contributed by atoms with Crippen LogP contribution >= 0.6 is 0 Å². The molecule has 3 saturated heterocycles. The fraction of sp³-hybridized carbons (Fsp3) is 0.593. The number of nitrogens with zero attached hydrogens (tertiary/aromatic N) is 2. The topological polar surface area (TPSA) is 107 Å². The molecule has 3 fully saturated rings. The Bertz CT molecular complexity index is 1030. The molecule has 6 atom stereocenters. The zero-order valence-electron chi connectivity index (χ0n) is 21.0. The van der Waals surface area contributed by atoms with Crippen LogP contribution in [0.2, 0.25) is 0 Å². The summed E-state index contributed by atoms with van der Waals surface area (Å²) in [7, 11) is 0. The van der Waals surface area contributed by atoms with Crippen LogP contribution in [-0.4, -0.2) is 69.3 Å². The molecule has 0 saturated carbocycles. The van der Waals surface area contributed by atoms with Crippen molar-refractivity contribution < 1.29 is 29.3 Å². The van der Waals surface area contributed by atoms with Gasteiger partial charge in [-0.05, 0) is 50.7 Å². The lowest BCUT2D eigenvalue weighted by Gasteiger charge is -2.40. The molecule has 35 heavy (non-hydrogen) atoms. The molecule has 1 spiro atoms. The fourth-order valence-corrected chi connectivity index (χ4v) is 6.92. The lowest BCUT2D eigenvalue weighted by molar-refractivity contribution is -0.157. The van der Waals surface area contributed by atoms with Gasteiger partial charge in [-0.15, -0.1) is 6.58 Å². The molecule has 1 aromatic carbocycles. The Morgan fingerprint density at radius 1 is 1.29 bits per heavy atom. The number of carbonyl (C=O) groups excluding carboxylic acids is 2. The van der Waals surface area contributed by atoms with Gasteiger partial charge >= 0.3 is 5.97 Å². The first-order chi connectivity index (χ1) is 16.6. The van der Waals surface area contributed by atoms with Crippen molar-refractivity contribution in [2.24, 2.45) is 11.8 Å². The lowest BCUT2D eigenvalue weighted by Crippen LogP contribution is -2.59. The monoisotopic (exact) mass is 484 g/mol. The minimum atomic E-state index is -1.24. The molecule has 8 heteroatoms. The molecule has 2 bridgehead atoms. The highest BCUT2D eigenvalue weighted by atomic mass is 16.5. The summed E-state index contributed by atoms with van der Waals surface area (Å²) >= 11 is 0. The molecule has 0 aliphatic carbocycles. The van der Waals surface area contributed by atoms with Gasteiger partial charge in [-0.25, -0.2) is 0 Å². The van der Waals surface area contributed by atoms with E-state index in [2.05, 4.69) is 6.58 Å². The zero-order chi connectivity index (χ0) is 25.7. The SMILES string of the molecule is C=CCN(C(=O)C1N([C@@H](CC)CO)C(=O)[C@@H]2[C@@H](C(=O)O)[C@@]3(CC)CCC12O3)c1c(C)cccc1C. The molecule has 0 radical (unpaired) electrons. The van der Waals surface area contributed by atoms with Gasteiger partial charge in [0.1, 0.15) is 17.6 Å². The van der Waals surface area contributed by atoms with E-state index in [9.17, 15) is 24.6 Å². The Morgan fingerprint density at radius 2 is 1.94 bits per heavy atom. The van der Waals surface area contributed by atoms with Gasteiger partial charge in [-0.3, -0.25) is 14.4 Å². The predicted octanol–water partition coefficient (Wildman–Crippen LogP) is 2.83. The number of amides is 2. The van der Waals surface area contributed by atoms with Gasteiger partial charge < -0.3 is 24.7 Å². The number of rotatable bonds is 9. The third-order valence-corrected chi connectivity index (χ3v) is 8.48. The van der Waals surface area contributed by atoms with E-state index in [1.165, 1.54) is 4.90 Å². The third kappa shape index (κ3) is 3.44. The molecule has 4 rings (SSSR count). The molecule has 3 aliphatic rings. The van der Waals surface area contributed by atoms with Crippen LogP contribution in [0.15, 0.2) is 30.9 Å². The number of anilines is 1. The number of aryl methyl sites for hydroxylation is 2. The predicted molar refractivity (Wildman–Crippen MR) is 131 cm³/mol. The summed E-state index contributed by atoms with van der Waals surface area (Å²) < 4.78 is 6.59. The maximum atomic E-state index is 14.5. The average molecular weight is 485 g/mol. The highest BCUT2D eigenvalue weighted by Crippen LogP contribution is 2.64. The molecule has 0 aromatic heterocycles. The quantitative estimate of drug-likeness (QED) is 0.522. The standard InChI is InChI=1S/C27H36N2O6/c1-6-14-28(21-16(4)10-9-11-17(21)5)24(32)22-27-13-12-26(8-3,35-27)20(25(33)34)19(27)23(31)29(22)18(7-2)15-30/h6,9-11,18-20,22,30H,1,7-8,12-15H2,2-5H3,(H,33,34)/t18-,19-,20-,22?,26+,27?/m0/s1. The summed E-state index contributed by atoms with van der Waals surface area (Å²) in [5.41, 5.74) is 0.341. The Morgan fingerprint density at radius 3 is 2.46 bits per heavy atom. The number of aliphatic carboxylic acids is 1. The van der Waals surface area contributed by atoms with E-state index in [1.807, 2.05) is 45.9 Å². The number of hydrogen-bond donors (Lipinski definition) is 2. The van der Waals surface area contributed by atoms with E-state index in [4.69, 9.17) is 4.74 Å². The molecule has 1 aromatic rings. The van der Waals surface area contributed by atoms with Crippen molar-refractivity contribution in [3.8, 4) is 0 Å². The van der Waals surface area contributed by atoms with Gasteiger partial charge in [0.15, 0.2) is 0 Å². The second kappa shape index (κ2) is 9.06. The Balaban J connectivity index is 1.90. The minimum absolute atomic E-state index is 0.223. The van der Waals surface area contributed by atoms with Gasteiger partial charge in [0, 0.05) is 12.2 Å². The Hall–Kier alpha value is -2.71. The van der Waals surface area contributed by atoms with Gasteiger partial charge in [-0.2, -0.15) is 0 Å². The summed E-state index contributed by atoms with van der Waals surface area (Å²) in [6.07, 6.45) is 3.41. The second-order valence-electron chi connectivity index (χ2n) is 10.1.